The van der Waals surface area contributed by atoms with Gasteiger partial charge in [-0.3, -0.25) is 9.78 Å². The van der Waals surface area contributed by atoms with Crippen LogP contribution in [0.3, 0.4) is 0 Å². The van der Waals surface area contributed by atoms with Crippen LogP contribution in [0.2, 0.25) is 0 Å². The Morgan fingerprint density at radius 3 is 2.62 bits per heavy atom. The quantitative estimate of drug-likeness (QED) is 0.782. The molecule has 1 aromatic rings. The fraction of sp³-hybridized carbons (Fsp3) is 0.364. The van der Waals surface area contributed by atoms with Gasteiger partial charge in [0.25, 0.3) is 0 Å². The van der Waals surface area contributed by atoms with Crippen LogP contribution in [0.25, 0.3) is 0 Å². The Balaban J connectivity index is 2.87. The number of carbonyl (C=O) groups excluding carboxylic acids is 1. The number of pyridine rings is 1. The molecule has 1 atom stereocenters. The summed E-state index contributed by atoms with van der Waals surface area (Å²) in [7, 11) is 0. The molecule has 2 N–H and O–H groups in total. The van der Waals surface area contributed by atoms with Crippen LogP contribution in [0.15, 0.2) is 24.4 Å². The maximum absolute atomic E-state index is 11.1. The van der Waals surface area contributed by atoms with Gasteiger partial charge in [-0.05, 0) is 19.1 Å². The number of carboxylic acid groups (broad SMARTS) is 1. The van der Waals surface area contributed by atoms with Crippen LogP contribution >= 0.6 is 0 Å². The smallest absolute Gasteiger partial charge is 0.329 e. The van der Waals surface area contributed by atoms with Crippen molar-refractivity contribution in [3.8, 4) is 0 Å². The van der Waals surface area contributed by atoms with Gasteiger partial charge in [0.2, 0.25) is 5.91 Å². The molecule has 1 unspecified atom stereocenters. The van der Waals surface area contributed by atoms with Crippen molar-refractivity contribution in [3.05, 3.63) is 30.1 Å². The van der Waals surface area contributed by atoms with E-state index in [9.17, 15) is 9.59 Å². The SMILES string of the molecule is CC(=O)NC(C)(Cc1ccccn1)C(=O)O. The second kappa shape index (κ2) is 4.74. The molecule has 0 aliphatic heterocycles. The Morgan fingerprint density at radius 2 is 2.19 bits per heavy atom. The summed E-state index contributed by atoms with van der Waals surface area (Å²) in [6, 6.07) is 5.25. The van der Waals surface area contributed by atoms with Gasteiger partial charge in [-0.25, -0.2) is 4.79 Å². The third kappa shape index (κ3) is 3.05. The van der Waals surface area contributed by atoms with Gasteiger partial charge in [0, 0.05) is 25.2 Å². The molecule has 0 bridgehead atoms. The lowest BCUT2D eigenvalue weighted by Crippen LogP contribution is -2.53. The van der Waals surface area contributed by atoms with Crippen LogP contribution in [0.4, 0.5) is 0 Å². The maximum atomic E-state index is 11.1. The monoisotopic (exact) mass is 222 g/mol. The number of hydrogen-bond acceptors (Lipinski definition) is 3. The zero-order valence-electron chi connectivity index (χ0n) is 9.23. The highest BCUT2D eigenvalue weighted by atomic mass is 16.4. The molecule has 0 aromatic carbocycles. The van der Waals surface area contributed by atoms with Crippen LogP contribution in [-0.4, -0.2) is 27.5 Å². The zero-order valence-corrected chi connectivity index (χ0v) is 9.23. The maximum Gasteiger partial charge on any atom is 0.329 e. The number of aromatic nitrogens is 1. The van der Waals surface area contributed by atoms with E-state index in [0.29, 0.717) is 5.69 Å². The lowest BCUT2D eigenvalue weighted by molar-refractivity contribution is -0.146. The predicted octanol–water partition coefficient (Wildman–Crippen LogP) is 0.603. The Bertz CT molecular complexity index is 391. The molecule has 0 spiro atoms. The first-order valence-electron chi connectivity index (χ1n) is 4.86. The van der Waals surface area contributed by atoms with Gasteiger partial charge >= 0.3 is 5.97 Å². The second-order valence-electron chi connectivity index (χ2n) is 3.82. The average Bonchev–Trinajstić information content (AvgIpc) is 2.17. The van der Waals surface area contributed by atoms with Gasteiger partial charge in [-0.2, -0.15) is 0 Å². The predicted molar refractivity (Wildman–Crippen MR) is 57.8 cm³/mol. The summed E-state index contributed by atoms with van der Waals surface area (Å²) < 4.78 is 0. The summed E-state index contributed by atoms with van der Waals surface area (Å²) in [5, 5.41) is 11.5. The van der Waals surface area contributed by atoms with E-state index >= 15 is 0 Å². The average molecular weight is 222 g/mol. The highest BCUT2D eigenvalue weighted by Gasteiger charge is 2.34. The molecule has 0 saturated heterocycles. The third-order valence-electron chi connectivity index (χ3n) is 2.18. The molecular formula is C11H14N2O3. The van der Waals surface area contributed by atoms with E-state index in [1.54, 1.807) is 24.4 Å². The standard InChI is InChI=1S/C11H14N2O3/c1-8(14)13-11(2,10(15)16)7-9-5-3-4-6-12-9/h3-6H,7H2,1-2H3,(H,13,14)(H,15,16). The Labute approximate surface area is 93.5 Å². The van der Waals surface area contributed by atoms with Crippen LogP contribution in [-0.2, 0) is 16.0 Å². The molecule has 1 heterocycles. The second-order valence-corrected chi connectivity index (χ2v) is 3.82. The van der Waals surface area contributed by atoms with Crippen LogP contribution < -0.4 is 5.32 Å². The van der Waals surface area contributed by atoms with Gasteiger partial charge in [0.15, 0.2) is 0 Å². The molecule has 1 amide bonds. The number of rotatable bonds is 4. The number of carboxylic acids is 1. The van der Waals surface area contributed by atoms with Crippen LogP contribution in [0.5, 0.6) is 0 Å². The normalized spacial score (nSPS) is 13.9. The van der Waals surface area contributed by atoms with E-state index in [4.69, 9.17) is 5.11 Å². The summed E-state index contributed by atoms with van der Waals surface area (Å²) in [4.78, 5) is 26.1. The Hall–Kier alpha value is -1.91. The lowest BCUT2D eigenvalue weighted by Gasteiger charge is -2.25. The molecule has 1 aromatic heterocycles. The summed E-state index contributed by atoms with van der Waals surface area (Å²) in [6.45, 7) is 2.75. The van der Waals surface area contributed by atoms with Crippen molar-refractivity contribution in [2.75, 3.05) is 0 Å². The topological polar surface area (TPSA) is 79.3 Å². The zero-order chi connectivity index (χ0) is 12.2. The molecular weight excluding hydrogens is 208 g/mol. The molecule has 0 aliphatic carbocycles. The fourth-order valence-corrected chi connectivity index (χ4v) is 1.43. The van der Waals surface area contributed by atoms with Gasteiger partial charge in [-0.15, -0.1) is 0 Å². The van der Waals surface area contributed by atoms with Crippen molar-refractivity contribution in [1.82, 2.24) is 10.3 Å². The van der Waals surface area contributed by atoms with Crippen molar-refractivity contribution >= 4 is 11.9 Å². The Morgan fingerprint density at radius 1 is 1.50 bits per heavy atom. The van der Waals surface area contributed by atoms with Crippen LogP contribution in [0.1, 0.15) is 19.5 Å². The van der Waals surface area contributed by atoms with E-state index < -0.39 is 11.5 Å². The molecule has 0 fully saturated rings. The number of nitrogens with one attached hydrogen (secondary N) is 1. The molecule has 0 saturated carbocycles. The van der Waals surface area contributed by atoms with Gasteiger partial charge < -0.3 is 10.4 Å². The largest absolute Gasteiger partial charge is 0.480 e. The highest BCUT2D eigenvalue weighted by Crippen LogP contribution is 2.11. The minimum Gasteiger partial charge on any atom is -0.480 e. The van der Waals surface area contributed by atoms with Gasteiger partial charge in [0.05, 0.1) is 0 Å². The van der Waals surface area contributed by atoms with E-state index in [2.05, 4.69) is 10.3 Å². The van der Waals surface area contributed by atoms with Crippen molar-refractivity contribution in [3.63, 3.8) is 0 Å². The van der Waals surface area contributed by atoms with Crippen molar-refractivity contribution in [2.24, 2.45) is 0 Å². The number of amides is 1. The summed E-state index contributed by atoms with van der Waals surface area (Å²) >= 11 is 0. The van der Waals surface area contributed by atoms with Gasteiger partial charge in [0.1, 0.15) is 5.54 Å². The minimum atomic E-state index is -1.32. The first kappa shape index (κ1) is 12.2. The molecule has 16 heavy (non-hydrogen) atoms. The Kier molecular flexibility index (Phi) is 3.60. The van der Waals surface area contributed by atoms with E-state index in [1.165, 1.54) is 13.8 Å². The van der Waals surface area contributed by atoms with E-state index in [-0.39, 0.29) is 12.3 Å². The number of aliphatic carboxylic acids is 1. The van der Waals surface area contributed by atoms with Crippen molar-refractivity contribution in [1.29, 1.82) is 0 Å². The fourth-order valence-electron chi connectivity index (χ4n) is 1.43. The van der Waals surface area contributed by atoms with Gasteiger partial charge in [-0.1, -0.05) is 6.07 Å². The first-order valence-corrected chi connectivity index (χ1v) is 4.86. The molecule has 5 nitrogen and oxygen atoms in total. The third-order valence-corrected chi connectivity index (χ3v) is 2.18. The van der Waals surface area contributed by atoms with Crippen molar-refractivity contribution < 1.29 is 14.7 Å². The molecule has 0 aliphatic rings. The minimum absolute atomic E-state index is 0.156. The molecule has 86 valence electrons. The highest BCUT2D eigenvalue weighted by molar-refractivity contribution is 5.85. The summed E-state index contributed by atoms with van der Waals surface area (Å²) in [5.41, 5.74) is -0.693. The van der Waals surface area contributed by atoms with E-state index in [1.807, 2.05) is 0 Å². The van der Waals surface area contributed by atoms with Crippen molar-refractivity contribution in [2.45, 2.75) is 25.8 Å². The molecule has 5 heteroatoms. The summed E-state index contributed by atoms with van der Waals surface area (Å²) in [6.07, 6.45) is 1.74. The molecule has 1 rings (SSSR count). The number of carbonyl (C=O) groups is 2. The molecule has 0 radical (unpaired) electrons. The number of hydrogen-bond donors (Lipinski definition) is 2. The lowest BCUT2D eigenvalue weighted by atomic mass is 9.95. The van der Waals surface area contributed by atoms with E-state index in [0.717, 1.165) is 0 Å². The van der Waals surface area contributed by atoms with Crippen LogP contribution in [0, 0.1) is 0 Å². The summed E-state index contributed by atoms with van der Waals surface area (Å²) in [5.74, 6) is -1.45. The first-order chi connectivity index (χ1) is 7.44. The number of nitrogens with zero attached hydrogens (tertiary/aromatic N) is 1.